The van der Waals surface area contributed by atoms with E-state index in [1.54, 1.807) is 31.0 Å². The quantitative estimate of drug-likeness (QED) is 0.0211. The molecule has 0 spiro atoms. The number of benzene rings is 9. The zero-order chi connectivity index (χ0) is 94.1. The number of anilines is 2. The molecule has 2 amide bonds. The Hall–Kier alpha value is -10.8. The summed E-state index contributed by atoms with van der Waals surface area (Å²) in [7, 11) is -46.3. The van der Waals surface area contributed by atoms with Gasteiger partial charge in [0, 0.05) is 87.9 Å². The van der Waals surface area contributed by atoms with E-state index in [0.29, 0.717) is 12.8 Å². The maximum atomic E-state index is 13.1. The minimum atomic E-state index is -10.7. The van der Waals surface area contributed by atoms with E-state index in [9.17, 15) is 110 Å². The molecule has 0 bridgehead atoms. The molecule has 0 saturated carbocycles. The van der Waals surface area contributed by atoms with Crippen molar-refractivity contribution in [1.82, 2.24) is 34.9 Å². The third kappa shape index (κ3) is 35.1. The van der Waals surface area contributed by atoms with Crippen LogP contribution in [0.2, 0.25) is 0 Å². The van der Waals surface area contributed by atoms with Gasteiger partial charge in [-0.1, -0.05) is 146 Å². The summed E-state index contributed by atoms with van der Waals surface area (Å²) >= 11 is 0. The van der Waals surface area contributed by atoms with Crippen molar-refractivity contribution in [1.29, 1.82) is 0 Å². The van der Waals surface area contributed by atoms with Gasteiger partial charge in [0.05, 0.1) is 57.0 Å². The molecule has 0 aliphatic heterocycles. The van der Waals surface area contributed by atoms with E-state index in [0.717, 1.165) is 128 Å². The molecule has 0 fully saturated rings. The molecule has 7 heterocycles. The Morgan fingerprint density at radius 2 is 0.562 bits per heavy atom. The number of unbranched alkanes of at least 4 members (excludes halogenated alkanes) is 4. The molecule has 0 aliphatic carbocycles. The topological polar surface area (TPSA) is 151 Å². The van der Waals surface area contributed by atoms with E-state index in [2.05, 4.69) is 246 Å². The number of fused-ring (bicyclic) bond motifs is 9. The van der Waals surface area contributed by atoms with Crippen LogP contribution in [-0.4, -0.2) is 59.0 Å². The Labute approximate surface area is 740 Å². The first-order valence-electron chi connectivity index (χ1n) is 38.7. The maximum Gasteiger partial charge on any atom is 2.00 e. The molecule has 0 radical (unpaired) electrons. The predicted molar refractivity (Wildman–Crippen MR) is 479 cm³/mol. The summed E-state index contributed by atoms with van der Waals surface area (Å²) in [6.45, 7) is 0. The Bertz CT molecular complexity index is 5930. The number of hydrogen-bond acceptors (Lipinski definition) is 8. The Kier molecular flexibility index (Phi) is 30.2. The van der Waals surface area contributed by atoms with Crippen molar-refractivity contribution >= 4 is 166 Å². The summed E-state index contributed by atoms with van der Waals surface area (Å²) in [5.41, 5.74) is 8.86. The number of aromatic amines is 1. The van der Waals surface area contributed by atoms with Crippen LogP contribution in [0.3, 0.4) is 0 Å². The van der Waals surface area contributed by atoms with Crippen molar-refractivity contribution in [2.75, 3.05) is 23.0 Å². The maximum absolute atomic E-state index is 13.1. The molecule has 7 aromatic heterocycles. The number of H-pyrrole nitrogens is 1. The van der Waals surface area contributed by atoms with E-state index in [1.807, 2.05) is 97.2 Å². The minimum Gasteiger partial charge on any atom is -0.353 e. The Balaban J connectivity index is 0.000000197. The van der Waals surface area contributed by atoms with Crippen molar-refractivity contribution < 1.29 is 130 Å². The average molecular weight is 2040 g/mol. The van der Waals surface area contributed by atoms with Crippen molar-refractivity contribution in [3.8, 4) is 11.4 Å². The van der Waals surface area contributed by atoms with Crippen LogP contribution in [0.15, 0.2) is 328 Å². The summed E-state index contributed by atoms with van der Waals surface area (Å²) in [5, 5.41) is 20.9. The average Bonchev–Trinajstić information content (AvgIpc) is 1.40. The molecule has 692 valence electrons. The summed E-state index contributed by atoms with van der Waals surface area (Å²) < 4.78 is 237. The molecule has 42 heteroatoms. The third-order valence-electron chi connectivity index (χ3n) is 18.8. The van der Waals surface area contributed by atoms with E-state index in [-0.39, 0.29) is 31.3 Å². The molecule has 9 aromatic carbocycles. The van der Waals surface area contributed by atoms with Gasteiger partial charge in [-0.25, -0.2) is 0 Å². The number of carbonyl (C=O) groups is 2. The van der Waals surface area contributed by atoms with Gasteiger partial charge in [0.15, 0.2) is 0 Å². The number of carbonyl (C=O) groups excluding carboxylic acids is 2. The number of nitrogens with zero attached hydrogens (tertiary/aromatic N) is 6. The fraction of sp³-hybridized carbons (Fsp3) is 0.114. The second kappa shape index (κ2) is 38.2. The van der Waals surface area contributed by atoms with Gasteiger partial charge in [-0.05, 0) is 184 Å². The van der Waals surface area contributed by atoms with Gasteiger partial charge in [0.1, 0.15) is 52.0 Å². The summed E-state index contributed by atoms with van der Waals surface area (Å²) in [5.74, 6) is 0.0715. The zero-order valence-electron chi connectivity index (χ0n) is 67.4. The predicted octanol–water partition coefficient (Wildman–Crippen LogP) is 31.9. The Morgan fingerprint density at radius 3 is 0.885 bits per heavy atom. The normalized spacial score (nSPS) is 13.9. The summed E-state index contributed by atoms with van der Waals surface area (Å²) in [4.78, 5) is 56.6. The van der Waals surface area contributed by atoms with Crippen molar-refractivity contribution in [2.45, 2.75) is 51.4 Å². The number of nitrogens with one attached hydrogen (secondary N) is 3. The molecule has 11 nitrogen and oxygen atoms in total. The Morgan fingerprint density at radius 1 is 0.277 bits per heavy atom. The van der Waals surface area contributed by atoms with Crippen LogP contribution in [0.25, 0.3) is 76.8 Å². The van der Waals surface area contributed by atoms with E-state index in [4.69, 9.17) is 0 Å². The molecule has 16 rings (SSSR count). The van der Waals surface area contributed by atoms with E-state index >= 15 is 0 Å². The first-order valence-corrected chi connectivity index (χ1v) is 50.8. The number of pyridine rings is 6. The van der Waals surface area contributed by atoms with Gasteiger partial charge in [-0.2, -0.15) is 0 Å². The number of aromatic nitrogens is 7. The fourth-order valence-corrected chi connectivity index (χ4v) is 22.9. The molecule has 3 N–H and O–H groups in total. The molecule has 0 atom stereocenters. The van der Waals surface area contributed by atoms with Crippen LogP contribution in [0.1, 0.15) is 51.4 Å². The van der Waals surface area contributed by atoms with Crippen molar-refractivity contribution in [2.24, 2.45) is 0 Å². The van der Waals surface area contributed by atoms with E-state index < -0.39 is 45.8 Å². The van der Waals surface area contributed by atoms with Crippen LogP contribution < -0.4 is 42.5 Å². The molecule has 0 unspecified atom stereocenters. The van der Waals surface area contributed by atoms with Gasteiger partial charge in [0.25, 0.3) is 0 Å². The van der Waals surface area contributed by atoms with Gasteiger partial charge >= 0.3 is 151 Å². The van der Waals surface area contributed by atoms with Crippen LogP contribution >= 0.6 is 45.8 Å². The number of hydrogen-bond donors (Lipinski definition) is 3. The monoisotopic (exact) mass is 2040 g/mol. The van der Waals surface area contributed by atoms with Crippen molar-refractivity contribution in [3.63, 3.8) is 0 Å². The molecular weight excluding hydrogens is 1960 g/mol. The largest absolute Gasteiger partial charge is 2.00 e. The number of rotatable bonds is 21. The molecule has 0 saturated heterocycles. The zero-order valence-corrected chi connectivity index (χ0v) is 74.5. The van der Waals surface area contributed by atoms with Gasteiger partial charge < -0.3 is 15.6 Å². The second-order valence-electron chi connectivity index (χ2n) is 28.9. The standard InChI is InChI=1S/2C36H32N3OP.C16H11N3.4F6P.Ru/c2*40-34(39-33-27-28-15-13-24-37-35(28)36-32(33)22-14-25-38-36)23-11-4-12-26-41(29-16-5-1-6-17-29,30-18-7-2-8-19-30)31-20-9-3-10-21-31;1-2-6-13-11(5-1)12-8-10-18-16(15(12)19-13)14-7-3-4-9-17-14;4*1-7(2,3,4,5)6;/h2*1-3,5-10,13-22,24-25,27H,4,11-12,23,26H2;1-10,19H;;;;;/q;;;4*-1;+2/p+2. The summed E-state index contributed by atoms with van der Waals surface area (Å²) in [6.07, 6.45) is 19.6. The van der Waals surface area contributed by atoms with Crippen LogP contribution in [0.4, 0.5) is 112 Å². The summed E-state index contributed by atoms with van der Waals surface area (Å²) in [6, 6.07) is 102. The van der Waals surface area contributed by atoms with Crippen molar-refractivity contribution in [3.05, 3.63) is 328 Å². The second-order valence-corrected chi connectivity index (χ2v) is 43.8. The van der Waals surface area contributed by atoms with Gasteiger partial charge in [-0.15, -0.1) is 0 Å². The number of amides is 2. The molecule has 0 aliphatic rings. The molecule has 130 heavy (non-hydrogen) atoms. The van der Waals surface area contributed by atoms with Gasteiger partial charge in [0.2, 0.25) is 11.8 Å². The van der Waals surface area contributed by atoms with Gasteiger partial charge in [-0.3, -0.25) is 39.5 Å². The molecular formula is C88H77F24N9O2P6Ru. The fourth-order valence-electron chi connectivity index (χ4n) is 14.0. The smallest absolute Gasteiger partial charge is 0.353 e. The van der Waals surface area contributed by atoms with Crippen LogP contribution in [0, 0.1) is 0 Å². The minimum absolute atomic E-state index is 0. The third-order valence-corrected chi connectivity index (χ3v) is 27.8. The first-order chi connectivity index (χ1) is 59.7. The number of halogens is 24. The van der Waals surface area contributed by atoms with Crippen LogP contribution in [0.5, 0.6) is 0 Å². The molecule has 16 aromatic rings. The number of para-hydroxylation sites is 1. The SMILES string of the molecule is F[P-](F)(F)(F)(F)F.F[P-](F)(F)(F)(F)F.F[P-](F)(F)(F)(F)F.F[P-](F)(F)(F)(F)F.O=C(CCCCC[P+](c1ccccc1)(c1ccccc1)c1ccccc1)Nc1cc2cccnc2c2ncccc12.O=C(CCCCC[P+](c1ccccc1)(c1ccccc1)c1ccccc1)Nc1cc2cccnc2c2ncccc12.[Ru+2].c1ccc(-c2nccc3c2[nH]c2ccccc23)nc1. The first kappa shape index (κ1) is 103. The van der Waals surface area contributed by atoms with E-state index in [1.165, 1.54) is 42.6 Å². The van der Waals surface area contributed by atoms with Crippen LogP contribution in [-0.2, 0) is 29.1 Å².